The summed E-state index contributed by atoms with van der Waals surface area (Å²) in [5.41, 5.74) is 6.05. The van der Waals surface area contributed by atoms with Gasteiger partial charge in [0.25, 0.3) is 11.8 Å². The molecule has 0 aliphatic carbocycles. The molecule has 320 valence electrons. The first-order valence-corrected chi connectivity index (χ1v) is 20.8. The number of hydrogen-bond acceptors (Lipinski definition) is 11. The highest BCUT2D eigenvalue weighted by molar-refractivity contribution is 5.99. The maximum atomic E-state index is 13.0. The van der Waals surface area contributed by atoms with Crippen LogP contribution in [0, 0.1) is 5.92 Å². The summed E-state index contributed by atoms with van der Waals surface area (Å²) in [5.74, 6) is -0.249. The van der Waals surface area contributed by atoms with Crippen molar-refractivity contribution in [2.45, 2.75) is 133 Å². The van der Waals surface area contributed by atoms with E-state index < -0.39 is 17.2 Å². The summed E-state index contributed by atoms with van der Waals surface area (Å²) in [6.45, 7) is 31.7. The monoisotopic (exact) mass is 774 g/mol. The van der Waals surface area contributed by atoms with Crippen molar-refractivity contribution in [3.63, 3.8) is 0 Å². The molecule has 0 aromatic carbocycles. The van der Waals surface area contributed by atoms with Gasteiger partial charge in [-0.1, -0.05) is 95.9 Å². The highest BCUT2D eigenvalue weighted by atomic mass is 16.5. The first kappa shape index (κ1) is 55.9. The number of unbranched alkanes of at least 4 members (excludes halogenated alkanes) is 2. The van der Waals surface area contributed by atoms with Gasteiger partial charge in [-0.3, -0.25) is 9.59 Å². The summed E-state index contributed by atoms with van der Waals surface area (Å²) in [6, 6.07) is 0. The van der Waals surface area contributed by atoms with Crippen molar-refractivity contribution < 1.29 is 38.0 Å². The number of nitrogen functional groups attached to an aromatic ring is 1. The zero-order valence-electron chi connectivity index (χ0n) is 36.7. The molecule has 13 heteroatoms. The van der Waals surface area contributed by atoms with Crippen molar-refractivity contribution >= 4 is 17.6 Å². The Hall–Kier alpha value is -2.42. The van der Waals surface area contributed by atoms with Crippen LogP contribution in [0.1, 0.15) is 155 Å². The van der Waals surface area contributed by atoms with Gasteiger partial charge >= 0.3 is 0 Å². The average molecular weight is 774 g/mol. The van der Waals surface area contributed by atoms with Crippen molar-refractivity contribution in [1.82, 2.24) is 20.6 Å². The van der Waals surface area contributed by atoms with Crippen LogP contribution in [0.5, 0.6) is 0 Å². The van der Waals surface area contributed by atoms with E-state index in [2.05, 4.69) is 41.4 Å². The number of amides is 2. The zero-order chi connectivity index (χ0) is 41.5. The van der Waals surface area contributed by atoms with Gasteiger partial charge in [-0.2, -0.15) is 0 Å². The van der Waals surface area contributed by atoms with E-state index in [-0.39, 0.29) is 17.2 Å². The maximum absolute atomic E-state index is 13.0. The number of rotatable bonds is 30. The quantitative estimate of drug-likeness (QED) is 0.0667. The number of nitrogens with one attached hydrogen (secondary N) is 2. The molecule has 1 aromatic heterocycles. The molecule has 1 aromatic rings. The SMILES string of the molecule is CC.CC.CC.CCCCCOCCOCCOCCCNC(=O)c1nc(N)c(C(=O)NCCCOCCOCCOCCCC(C)C)nc1C(C)(C)C. The lowest BCUT2D eigenvalue weighted by Gasteiger charge is -2.22. The second-order valence-electron chi connectivity index (χ2n) is 13.0. The Morgan fingerprint density at radius 3 is 1.33 bits per heavy atom. The molecule has 0 radical (unpaired) electrons. The van der Waals surface area contributed by atoms with Crippen LogP contribution < -0.4 is 16.4 Å². The third kappa shape index (κ3) is 31.9. The van der Waals surface area contributed by atoms with Gasteiger partial charge in [-0.15, -0.1) is 0 Å². The molecule has 4 N–H and O–H groups in total. The van der Waals surface area contributed by atoms with Crippen molar-refractivity contribution in [2.75, 3.05) is 98.1 Å². The van der Waals surface area contributed by atoms with E-state index in [1.165, 1.54) is 19.3 Å². The number of aromatic nitrogens is 2. The third-order valence-corrected chi connectivity index (χ3v) is 7.02. The number of anilines is 1. The van der Waals surface area contributed by atoms with Crippen LogP contribution >= 0.6 is 0 Å². The second-order valence-corrected chi connectivity index (χ2v) is 13.0. The fourth-order valence-electron chi connectivity index (χ4n) is 4.35. The van der Waals surface area contributed by atoms with Crippen molar-refractivity contribution in [2.24, 2.45) is 5.92 Å². The molecule has 0 saturated heterocycles. The van der Waals surface area contributed by atoms with E-state index in [0.29, 0.717) is 104 Å². The maximum Gasteiger partial charge on any atom is 0.273 e. The van der Waals surface area contributed by atoms with E-state index in [1.807, 2.05) is 62.3 Å². The smallest absolute Gasteiger partial charge is 0.273 e. The summed E-state index contributed by atoms with van der Waals surface area (Å²) in [6.07, 6.45) is 6.92. The summed E-state index contributed by atoms with van der Waals surface area (Å²) >= 11 is 0. The number of carbonyl (C=O) groups excluding carboxylic acids is 2. The lowest BCUT2D eigenvalue weighted by molar-refractivity contribution is 0.0133. The molecule has 0 atom stereocenters. The Balaban J connectivity index is -0.00000411. The molecule has 2 amide bonds. The number of carbonyl (C=O) groups is 2. The molecule has 0 unspecified atom stereocenters. The number of nitrogens with two attached hydrogens (primary N) is 1. The lowest BCUT2D eigenvalue weighted by atomic mass is 9.89. The molecule has 1 rings (SSSR count). The summed E-state index contributed by atoms with van der Waals surface area (Å²) in [4.78, 5) is 34.7. The second kappa shape index (κ2) is 40.2. The summed E-state index contributed by atoms with van der Waals surface area (Å²) in [7, 11) is 0. The van der Waals surface area contributed by atoms with Gasteiger partial charge < -0.3 is 44.8 Å². The molecule has 0 saturated carbocycles. The number of hydrogen-bond donors (Lipinski definition) is 3. The highest BCUT2D eigenvalue weighted by Gasteiger charge is 2.28. The van der Waals surface area contributed by atoms with E-state index >= 15 is 0 Å². The fraction of sp³-hybridized carbons (Fsp3) is 0.854. The Kier molecular flexibility index (Phi) is 41.7. The van der Waals surface area contributed by atoms with Crippen LogP contribution in [0.4, 0.5) is 5.82 Å². The van der Waals surface area contributed by atoms with Gasteiger partial charge in [-0.05, 0) is 38.0 Å². The first-order chi connectivity index (χ1) is 26.1. The normalized spacial score (nSPS) is 10.8. The van der Waals surface area contributed by atoms with Gasteiger partial charge in [0, 0.05) is 44.9 Å². The fourth-order valence-corrected chi connectivity index (χ4v) is 4.35. The van der Waals surface area contributed by atoms with Crippen LogP contribution in [0.2, 0.25) is 0 Å². The molecule has 54 heavy (non-hydrogen) atoms. The Morgan fingerprint density at radius 1 is 0.574 bits per heavy atom. The van der Waals surface area contributed by atoms with E-state index in [1.54, 1.807) is 0 Å². The molecule has 13 nitrogen and oxygen atoms in total. The average Bonchev–Trinajstić information content (AvgIpc) is 3.16. The minimum atomic E-state index is -0.554. The van der Waals surface area contributed by atoms with E-state index in [9.17, 15) is 9.59 Å². The van der Waals surface area contributed by atoms with Crippen molar-refractivity contribution in [3.05, 3.63) is 17.1 Å². The van der Waals surface area contributed by atoms with Gasteiger partial charge in [0.1, 0.15) is 0 Å². The Labute approximate surface area is 330 Å². The molecular weight excluding hydrogens is 690 g/mol. The van der Waals surface area contributed by atoms with Gasteiger partial charge in [-0.25, -0.2) is 9.97 Å². The third-order valence-electron chi connectivity index (χ3n) is 7.02. The van der Waals surface area contributed by atoms with Crippen molar-refractivity contribution in [3.8, 4) is 0 Å². The van der Waals surface area contributed by atoms with Crippen LogP contribution in [0.15, 0.2) is 0 Å². The molecule has 0 fully saturated rings. The largest absolute Gasteiger partial charge is 0.382 e. The molecule has 0 aliphatic rings. The number of nitrogens with zero attached hydrogens (tertiary/aromatic N) is 2. The van der Waals surface area contributed by atoms with Gasteiger partial charge in [0.15, 0.2) is 17.2 Å². The Morgan fingerprint density at radius 2 is 0.944 bits per heavy atom. The Bertz CT molecular complexity index is 993. The minimum absolute atomic E-state index is 0.00380. The molecule has 0 spiro atoms. The van der Waals surface area contributed by atoms with E-state index in [4.69, 9.17) is 34.2 Å². The summed E-state index contributed by atoms with van der Waals surface area (Å²) < 4.78 is 33.2. The molecular formula is C41H83N5O8. The predicted octanol–water partition coefficient (Wildman–Crippen LogP) is 7.40. The van der Waals surface area contributed by atoms with Gasteiger partial charge in [0.05, 0.1) is 58.5 Å². The lowest BCUT2D eigenvalue weighted by Crippen LogP contribution is -2.33. The summed E-state index contributed by atoms with van der Waals surface area (Å²) in [5, 5.41) is 5.67. The van der Waals surface area contributed by atoms with Crippen LogP contribution in [-0.4, -0.2) is 114 Å². The topological polar surface area (TPSA) is 165 Å². The van der Waals surface area contributed by atoms with Crippen molar-refractivity contribution in [1.29, 1.82) is 0 Å². The van der Waals surface area contributed by atoms with E-state index in [0.717, 1.165) is 26.1 Å². The first-order valence-electron chi connectivity index (χ1n) is 20.8. The minimum Gasteiger partial charge on any atom is -0.382 e. The highest BCUT2D eigenvalue weighted by Crippen LogP contribution is 2.25. The van der Waals surface area contributed by atoms with Crippen LogP contribution in [0.25, 0.3) is 0 Å². The molecule has 1 heterocycles. The van der Waals surface area contributed by atoms with Crippen LogP contribution in [-0.2, 0) is 33.8 Å². The zero-order valence-corrected chi connectivity index (χ0v) is 36.7. The molecule has 0 bridgehead atoms. The number of ether oxygens (including phenoxy) is 6. The molecule has 0 aliphatic heterocycles. The standard InChI is InChI=1S/C35H65N5O8.3C2H6/c1-7-8-9-16-43-20-24-47-26-22-45-18-11-14-37-33(41)29-31(35(4,5)6)39-30(32(36)40-29)34(42)38-15-12-19-46-23-27-48-25-21-44-17-10-13-28(2)3;3*1-2/h28H,7-27H2,1-6H3,(H2,36,40)(H,37,41)(H,38,42);3*1-2H3. The van der Waals surface area contributed by atoms with Crippen LogP contribution in [0.3, 0.4) is 0 Å². The van der Waals surface area contributed by atoms with Gasteiger partial charge in [0.2, 0.25) is 0 Å². The predicted molar refractivity (Wildman–Crippen MR) is 222 cm³/mol.